The van der Waals surface area contributed by atoms with E-state index in [0.717, 1.165) is 0 Å². The van der Waals surface area contributed by atoms with Crippen LogP contribution in [-0.2, 0) is 46.5 Å². The second kappa shape index (κ2) is 34.7. The number of benzene rings is 6. The van der Waals surface area contributed by atoms with E-state index in [1.54, 1.807) is 93.9 Å². The van der Waals surface area contributed by atoms with Gasteiger partial charge in [-0.3, -0.25) is 44.2 Å². The Morgan fingerprint density at radius 2 is 0.735 bits per heavy atom. The van der Waals surface area contributed by atoms with E-state index >= 15 is 0 Å². The van der Waals surface area contributed by atoms with Crippen LogP contribution in [-0.4, -0.2) is 96.2 Å². The monoisotopic (exact) mass is 1150 g/mol. The number of nitrogens with zero attached hydrogens (tertiary/aromatic N) is 2. The molecule has 0 heterocycles. The van der Waals surface area contributed by atoms with Crippen LogP contribution in [0.15, 0.2) is 134 Å². The van der Waals surface area contributed by atoms with Gasteiger partial charge in [-0.25, -0.2) is 0 Å². The van der Waals surface area contributed by atoms with E-state index in [2.05, 4.69) is 6.58 Å². The largest absolute Gasteiger partial charge is 0.497 e. The minimum Gasteiger partial charge on any atom is -0.497 e. The second-order valence-corrected chi connectivity index (χ2v) is 16.7. The number of Topliss-reactive ketones (excluding diaryl/α,β-unsaturated/α-hetero) is 2. The third kappa shape index (κ3) is 21.4. The van der Waals surface area contributed by atoms with Crippen molar-refractivity contribution in [3.63, 3.8) is 0 Å². The van der Waals surface area contributed by atoms with Crippen molar-refractivity contribution in [2.45, 2.75) is 60.5 Å². The first kappa shape index (κ1) is 68.9. The van der Waals surface area contributed by atoms with Gasteiger partial charge in [0, 0.05) is 55.2 Å². The fraction of sp³-hybridized carbons (Fsp3) is 0.283. The number of ether oxygens (including phenoxy) is 12. The van der Waals surface area contributed by atoms with Crippen LogP contribution in [0.2, 0.25) is 0 Å². The molecule has 6 aromatic carbocycles. The highest BCUT2D eigenvalue weighted by atomic mass is 16.6. The maximum Gasteiger partial charge on any atom is 0.303 e. The van der Waals surface area contributed by atoms with E-state index in [0.29, 0.717) is 62.5 Å². The normalized spacial score (nSPS) is 10.6. The molecule has 23 heteroatoms. The molecule has 2 unspecified atom stereocenters. The van der Waals surface area contributed by atoms with Gasteiger partial charge in [0.1, 0.15) is 36.2 Å². The number of carbonyl (C=O) groups is 5. The van der Waals surface area contributed by atoms with Crippen LogP contribution < -0.4 is 37.9 Å². The molecule has 2 atom stereocenters. The molecule has 0 spiro atoms. The predicted molar refractivity (Wildman–Crippen MR) is 304 cm³/mol. The first-order valence-corrected chi connectivity index (χ1v) is 24.3. The first-order valence-electron chi connectivity index (χ1n) is 24.3. The molecular weight excluding hydrogens is 1080 g/mol. The van der Waals surface area contributed by atoms with Crippen LogP contribution in [0.25, 0.3) is 0 Å². The number of rotatable bonds is 23. The van der Waals surface area contributed by atoms with E-state index in [1.807, 2.05) is 24.3 Å². The Morgan fingerprint density at radius 3 is 0.988 bits per heavy atom. The summed E-state index contributed by atoms with van der Waals surface area (Å²) in [5, 5.41) is 21.8. The van der Waals surface area contributed by atoms with Crippen LogP contribution in [0.3, 0.4) is 0 Å². The maximum atomic E-state index is 12.8. The minimum atomic E-state index is -1.06. The molecule has 83 heavy (non-hydrogen) atoms. The number of ketones is 2. The Balaban J connectivity index is 0.000000379. The van der Waals surface area contributed by atoms with Crippen molar-refractivity contribution in [3.8, 4) is 46.0 Å². The number of esters is 3. The number of carbonyl (C=O) groups excluding carboxylic acids is 5. The van der Waals surface area contributed by atoms with E-state index in [4.69, 9.17) is 56.8 Å². The number of nitro benzene ring substituents is 2. The average Bonchev–Trinajstić information content (AvgIpc) is 3.50. The Morgan fingerprint density at radius 1 is 0.434 bits per heavy atom. The van der Waals surface area contributed by atoms with Crippen LogP contribution in [0.4, 0.5) is 11.4 Å². The van der Waals surface area contributed by atoms with Gasteiger partial charge in [0.25, 0.3) is 11.4 Å². The highest BCUT2D eigenvalue weighted by Gasteiger charge is 2.28. The zero-order valence-electron chi connectivity index (χ0n) is 47.3. The van der Waals surface area contributed by atoms with E-state index < -0.39 is 40.0 Å². The van der Waals surface area contributed by atoms with Crippen LogP contribution in [0, 0.1) is 20.2 Å². The quantitative estimate of drug-likeness (QED) is 0.0144. The molecule has 0 saturated heterocycles. The van der Waals surface area contributed by atoms with Crippen LogP contribution in [0.1, 0.15) is 90.3 Å². The lowest BCUT2D eigenvalue weighted by Gasteiger charge is -2.20. The van der Waals surface area contributed by atoms with Crippen LogP contribution in [0.5, 0.6) is 46.0 Å². The maximum absolute atomic E-state index is 12.8. The summed E-state index contributed by atoms with van der Waals surface area (Å²) >= 11 is 0. The lowest BCUT2D eigenvalue weighted by atomic mass is 9.99. The first-order chi connectivity index (χ1) is 39.1. The lowest BCUT2D eigenvalue weighted by Crippen LogP contribution is -2.19. The number of hydrogen-bond donors (Lipinski definition) is 0. The molecule has 6 rings (SSSR count). The summed E-state index contributed by atoms with van der Waals surface area (Å²) in [5.74, 6) is 1.81. The summed E-state index contributed by atoms with van der Waals surface area (Å²) < 4.78 is 61.4. The van der Waals surface area contributed by atoms with Gasteiger partial charge in [-0.15, -0.1) is 0 Å². The van der Waals surface area contributed by atoms with Crippen molar-refractivity contribution in [1.82, 2.24) is 0 Å². The Kier molecular flexibility index (Phi) is 28.8. The van der Waals surface area contributed by atoms with E-state index in [-0.39, 0.29) is 66.2 Å². The molecule has 0 saturated carbocycles. The Hall–Kier alpha value is -10.2. The molecule has 0 aromatic heterocycles. The van der Waals surface area contributed by atoms with Crippen molar-refractivity contribution in [3.05, 3.63) is 187 Å². The molecule has 6 aromatic rings. The van der Waals surface area contributed by atoms with Gasteiger partial charge >= 0.3 is 17.9 Å². The second-order valence-electron chi connectivity index (χ2n) is 16.7. The number of allylic oxidation sites excluding steroid dienone is 1. The predicted octanol–water partition coefficient (Wildman–Crippen LogP) is 11.4. The number of hydrogen-bond acceptors (Lipinski definition) is 21. The lowest BCUT2D eigenvalue weighted by molar-refractivity contribution is -0.386. The molecule has 444 valence electrons. The minimum absolute atomic E-state index is 0. The van der Waals surface area contributed by atoms with Crippen molar-refractivity contribution < 1.29 is 90.7 Å². The topological polar surface area (TPSA) is 282 Å². The molecule has 23 nitrogen and oxygen atoms in total. The molecule has 0 N–H and O–H groups in total. The molecule has 0 bridgehead atoms. The van der Waals surface area contributed by atoms with Crippen LogP contribution >= 0.6 is 0 Å². The van der Waals surface area contributed by atoms with Gasteiger partial charge in [-0.05, 0) is 43.3 Å². The molecule has 0 fully saturated rings. The van der Waals surface area contributed by atoms with Gasteiger partial charge in [-0.1, -0.05) is 74.7 Å². The van der Waals surface area contributed by atoms with Crippen molar-refractivity contribution in [1.29, 1.82) is 0 Å². The van der Waals surface area contributed by atoms with E-state index in [1.165, 1.54) is 87.7 Å². The van der Waals surface area contributed by atoms with Crippen molar-refractivity contribution in [2.75, 3.05) is 56.9 Å². The summed E-state index contributed by atoms with van der Waals surface area (Å²) in [6.07, 6.45) is -1.86. The van der Waals surface area contributed by atoms with Gasteiger partial charge in [0.2, 0.25) is 11.6 Å². The number of methoxy groups -OCH3 is 8. The average molecular weight is 1150 g/mol. The SMILES string of the molecule is C.C=C(C)OC(C(=O)c1ccccc1)c1cc(OC)cc(OC)c1.COc1cc(COC(C)=O)c([N+](=O)[O-])cc1OC.COc1cc(COC(C)=O)c([N+](=O)[O-])cc1OC.COc1cc(OC)cc(C(OC(C)=O)C(=O)c2ccccc2)c1. The van der Waals surface area contributed by atoms with Crippen molar-refractivity contribution >= 4 is 40.8 Å². The highest BCUT2D eigenvalue weighted by molar-refractivity contribution is 6.01. The van der Waals surface area contributed by atoms with Gasteiger partial charge < -0.3 is 56.8 Å². The highest BCUT2D eigenvalue weighted by Crippen LogP contribution is 2.37. The Labute approximate surface area is 480 Å². The summed E-state index contributed by atoms with van der Waals surface area (Å²) in [6, 6.07) is 33.2. The van der Waals surface area contributed by atoms with Gasteiger partial charge in [-0.2, -0.15) is 0 Å². The molecule has 0 aliphatic carbocycles. The van der Waals surface area contributed by atoms with E-state index in [9.17, 15) is 44.2 Å². The summed E-state index contributed by atoms with van der Waals surface area (Å²) in [4.78, 5) is 79.1. The zero-order valence-corrected chi connectivity index (χ0v) is 47.3. The summed E-state index contributed by atoms with van der Waals surface area (Å²) in [6.45, 7) is 8.80. The Bertz CT molecular complexity index is 2910. The molecule has 0 aliphatic rings. The molecular formula is C60H68N2O21. The third-order valence-corrected chi connectivity index (χ3v) is 11.0. The fourth-order valence-electron chi connectivity index (χ4n) is 7.13. The third-order valence-electron chi connectivity index (χ3n) is 11.0. The van der Waals surface area contributed by atoms with Gasteiger partial charge in [0.05, 0.1) is 95.7 Å². The zero-order chi connectivity index (χ0) is 61.1. The van der Waals surface area contributed by atoms with Crippen molar-refractivity contribution in [2.24, 2.45) is 0 Å². The molecule has 0 amide bonds. The molecule has 0 aliphatic heterocycles. The summed E-state index contributed by atoms with van der Waals surface area (Å²) in [5.41, 5.74) is 2.29. The smallest absolute Gasteiger partial charge is 0.303 e. The van der Waals surface area contributed by atoms with Gasteiger partial charge in [0.15, 0.2) is 35.2 Å². The number of nitro groups is 2. The molecule has 0 radical (unpaired) electrons. The fourth-order valence-corrected chi connectivity index (χ4v) is 7.13. The summed E-state index contributed by atoms with van der Waals surface area (Å²) in [7, 11) is 11.7. The standard InChI is InChI=1S/C19H20O4.C18H18O5.2C11H13NO6.CH4/c1-13(2)23-19(18(20)14-8-6-5-7-9-14)15-10-16(21-3)12-17(11-15)22-4;1-12(19)23-18(17(20)13-7-5-4-6-8-13)14-9-15(21-2)11-16(10-14)22-3;2*1-7(13)18-6-8-4-10(16-2)11(17-3)5-9(8)12(14)15;/h5-12,19H,1H2,2-4H3;4-11,18H,1-3H3;2*4-5H,6H2,1-3H3;1H4.